The second-order valence-corrected chi connectivity index (χ2v) is 7.71. The van der Waals surface area contributed by atoms with E-state index in [-0.39, 0.29) is 18.6 Å². The molecule has 0 unspecified atom stereocenters. The van der Waals surface area contributed by atoms with Crippen LogP contribution in [0, 0.1) is 0 Å². The van der Waals surface area contributed by atoms with Crippen molar-refractivity contribution in [1.82, 2.24) is 9.80 Å². The Balaban J connectivity index is 1.79. The zero-order chi connectivity index (χ0) is 21.7. The number of hydrogen-bond acceptors (Lipinski definition) is 6. The van der Waals surface area contributed by atoms with E-state index in [1.807, 2.05) is 13.1 Å². The second kappa shape index (κ2) is 9.93. The molecule has 0 radical (unpaired) electrons. The molecule has 0 spiro atoms. The number of benzene rings is 1. The third-order valence-corrected chi connectivity index (χ3v) is 5.84. The zero-order valence-electron chi connectivity index (χ0n) is 17.7. The number of rotatable bonds is 7. The first kappa shape index (κ1) is 22.1. The van der Waals surface area contributed by atoms with Gasteiger partial charge in [0.1, 0.15) is 5.70 Å². The molecule has 3 rings (SSSR count). The molecule has 162 valence electrons. The van der Waals surface area contributed by atoms with Gasteiger partial charge in [-0.2, -0.15) is 0 Å². The van der Waals surface area contributed by atoms with E-state index in [1.165, 1.54) is 13.5 Å². The topological polar surface area (TPSA) is 68.3 Å². The Bertz CT molecular complexity index is 848. The summed E-state index contributed by atoms with van der Waals surface area (Å²) in [5.74, 6) is 0.392. The van der Waals surface area contributed by atoms with E-state index in [9.17, 15) is 9.59 Å². The molecule has 1 saturated carbocycles. The van der Waals surface area contributed by atoms with Gasteiger partial charge in [-0.15, -0.1) is 0 Å². The second-order valence-electron chi connectivity index (χ2n) is 7.34. The molecule has 0 N–H and O–H groups in total. The summed E-state index contributed by atoms with van der Waals surface area (Å²) in [7, 11) is 3.35. The van der Waals surface area contributed by atoms with E-state index < -0.39 is 5.97 Å². The molecule has 1 aliphatic carbocycles. The smallest absolute Gasteiger partial charge is 0.344 e. The molecule has 0 aromatic heterocycles. The monoisotopic (exact) mass is 432 g/mol. The summed E-state index contributed by atoms with van der Waals surface area (Å²) in [5, 5.41) is 0.555. The van der Waals surface area contributed by atoms with E-state index in [0.717, 1.165) is 31.2 Å². The molecule has 1 heterocycles. The zero-order valence-corrected chi connectivity index (χ0v) is 18.5. The number of thiocarbonyl (C=S) groups is 1. The van der Waals surface area contributed by atoms with Crippen molar-refractivity contribution in [3.05, 3.63) is 29.5 Å². The van der Waals surface area contributed by atoms with Crippen molar-refractivity contribution >= 4 is 35.3 Å². The molecular formula is C22H28N2O5S. The number of likely N-dealkylation sites (N-methyl/N-ethyl adjacent to an activating group) is 1. The van der Waals surface area contributed by atoms with Gasteiger partial charge >= 0.3 is 5.97 Å². The average Bonchev–Trinajstić information content (AvgIpc) is 2.96. The molecule has 1 aromatic rings. The third kappa shape index (κ3) is 4.75. The van der Waals surface area contributed by atoms with Gasteiger partial charge in [0.15, 0.2) is 23.2 Å². The highest BCUT2D eigenvalue weighted by Crippen LogP contribution is 2.33. The summed E-state index contributed by atoms with van der Waals surface area (Å²) >= 11 is 5.57. The summed E-state index contributed by atoms with van der Waals surface area (Å²) in [6.07, 6.45) is 7.26. The Labute approximate surface area is 182 Å². The Hall–Kier alpha value is -2.61. The van der Waals surface area contributed by atoms with Crippen LogP contribution in [0.15, 0.2) is 23.9 Å². The molecule has 1 amide bonds. The van der Waals surface area contributed by atoms with E-state index >= 15 is 0 Å². The van der Waals surface area contributed by atoms with Crippen LogP contribution in [0.3, 0.4) is 0 Å². The van der Waals surface area contributed by atoms with Crippen molar-refractivity contribution in [1.29, 1.82) is 0 Å². The summed E-state index contributed by atoms with van der Waals surface area (Å²) in [5.41, 5.74) is 1.31. The summed E-state index contributed by atoms with van der Waals surface area (Å²) in [6, 6.07) is 5.46. The van der Waals surface area contributed by atoms with Crippen LogP contribution in [-0.4, -0.2) is 60.2 Å². The quantitative estimate of drug-likeness (QED) is 0.372. The van der Waals surface area contributed by atoms with Gasteiger partial charge in [-0.05, 0) is 55.8 Å². The Morgan fingerprint density at radius 1 is 1.23 bits per heavy atom. The first-order chi connectivity index (χ1) is 14.5. The van der Waals surface area contributed by atoms with Gasteiger partial charge in [0.25, 0.3) is 5.91 Å². The summed E-state index contributed by atoms with van der Waals surface area (Å²) < 4.78 is 15.8. The fourth-order valence-electron chi connectivity index (χ4n) is 3.83. The van der Waals surface area contributed by atoms with Crippen LogP contribution in [0.5, 0.6) is 11.5 Å². The molecule has 2 fully saturated rings. The largest absolute Gasteiger partial charge is 0.493 e. The molecule has 1 aliphatic heterocycles. The fourth-order valence-corrected chi connectivity index (χ4v) is 4.16. The van der Waals surface area contributed by atoms with Gasteiger partial charge in [-0.25, -0.2) is 4.79 Å². The molecule has 0 bridgehead atoms. The standard InChI is InChI=1S/C22H28N2O5S/c1-4-28-20(25)14-29-18-11-10-15(13-19(18)27-3)12-17-21(26)24(22(30)23(17)2)16-8-6-5-7-9-16/h10-13,16H,4-9,14H2,1-3H3/b17-12-. The van der Waals surface area contributed by atoms with Crippen molar-refractivity contribution in [2.75, 3.05) is 27.4 Å². The minimum atomic E-state index is -0.444. The molecule has 2 aliphatic rings. The predicted octanol–water partition coefficient (Wildman–Crippen LogP) is 3.37. The Morgan fingerprint density at radius 2 is 1.97 bits per heavy atom. The van der Waals surface area contributed by atoms with Gasteiger partial charge < -0.3 is 19.1 Å². The molecule has 7 nitrogen and oxygen atoms in total. The molecule has 0 atom stereocenters. The number of methoxy groups -OCH3 is 1. The highest BCUT2D eigenvalue weighted by Gasteiger charge is 2.40. The number of amides is 1. The fraction of sp³-hybridized carbons (Fsp3) is 0.500. The predicted molar refractivity (Wildman–Crippen MR) is 117 cm³/mol. The van der Waals surface area contributed by atoms with Gasteiger partial charge in [-0.3, -0.25) is 9.69 Å². The molecule has 30 heavy (non-hydrogen) atoms. The van der Waals surface area contributed by atoms with E-state index in [2.05, 4.69) is 0 Å². The minimum Gasteiger partial charge on any atom is -0.493 e. The number of carbonyl (C=O) groups excluding carboxylic acids is 2. The van der Waals surface area contributed by atoms with E-state index in [4.69, 9.17) is 26.4 Å². The van der Waals surface area contributed by atoms with Crippen molar-refractivity contribution in [2.45, 2.75) is 45.1 Å². The molecule has 1 saturated heterocycles. The molecular weight excluding hydrogens is 404 g/mol. The van der Waals surface area contributed by atoms with Crippen LogP contribution in [0.25, 0.3) is 6.08 Å². The lowest BCUT2D eigenvalue weighted by molar-refractivity contribution is -0.145. The highest BCUT2D eigenvalue weighted by molar-refractivity contribution is 7.80. The number of nitrogens with zero attached hydrogens (tertiary/aromatic N) is 2. The lowest BCUT2D eigenvalue weighted by Gasteiger charge is -2.30. The first-order valence-electron chi connectivity index (χ1n) is 10.3. The summed E-state index contributed by atoms with van der Waals surface area (Å²) in [4.78, 5) is 28.2. The highest BCUT2D eigenvalue weighted by atomic mass is 32.1. The van der Waals surface area contributed by atoms with Crippen LogP contribution < -0.4 is 9.47 Å². The van der Waals surface area contributed by atoms with E-state index in [0.29, 0.717) is 28.9 Å². The normalized spacial score (nSPS) is 18.8. The summed E-state index contributed by atoms with van der Waals surface area (Å²) in [6.45, 7) is 1.84. The van der Waals surface area contributed by atoms with Gasteiger partial charge in [-0.1, -0.05) is 25.3 Å². The van der Waals surface area contributed by atoms with Crippen molar-refractivity contribution < 1.29 is 23.8 Å². The third-order valence-electron chi connectivity index (χ3n) is 5.37. The Kier molecular flexibility index (Phi) is 7.31. The van der Waals surface area contributed by atoms with Crippen molar-refractivity contribution in [2.24, 2.45) is 0 Å². The molecule has 1 aromatic carbocycles. The number of ether oxygens (including phenoxy) is 3. The van der Waals surface area contributed by atoms with Gasteiger partial charge in [0.05, 0.1) is 13.7 Å². The maximum Gasteiger partial charge on any atom is 0.344 e. The average molecular weight is 433 g/mol. The first-order valence-corrected chi connectivity index (χ1v) is 10.7. The van der Waals surface area contributed by atoms with Crippen molar-refractivity contribution in [3.8, 4) is 11.5 Å². The number of esters is 1. The lowest BCUT2D eigenvalue weighted by Crippen LogP contribution is -2.41. The maximum atomic E-state index is 13.1. The van der Waals surface area contributed by atoms with Gasteiger partial charge in [0.2, 0.25) is 0 Å². The van der Waals surface area contributed by atoms with Crippen molar-refractivity contribution in [3.63, 3.8) is 0 Å². The number of carbonyl (C=O) groups is 2. The van der Waals surface area contributed by atoms with E-state index in [1.54, 1.807) is 34.9 Å². The van der Waals surface area contributed by atoms with Crippen LogP contribution in [0.2, 0.25) is 0 Å². The molecule has 8 heteroatoms. The SMILES string of the molecule is CCOC(=O)COc1ccc(/C=C2/C(=O)N(C3CCCCC3)C(=S)N2C)cc1OC. The lowest BCUT2D eigenvalue weighted by atomic mass is 9.94. The van der Waals surface area contributed by atoms with Crippen LogP contribution in [0.4, 0.5) is 0 Å². The Morgan fingerprint density at radius 3 is 2.63 bits per heavy atom. The number of hydrogen-bond donors (Lipinski definition) is 0. The van der Waals surface area contributed by atoms with Crippen LogP contribution in [-0.2, 0) is 14.3 Å². The van der Waals surface area contributed by atoms with Gasteiger partial charge in [0, 0.05) is 13.1 Å². The van der Waals surface area contributed by atoms with Crippen LogP contribution >= 0.6 is 12.2 Å². The maximum absolute atomic E-state index is 13.1. The van der Waals surface area contributed by atoms with Crippen LogP contribution in [0.1, 0.15) is 44.6 Å². The minimum absolute atomic E-state index is 0.0593.